The monoisotopic (exact) mass is 313 g/mol. The Bertz CT molecular complexity index is 850. The molecule has 2 aromatic rings. The zero-order valence-corrected chi connectivity index (χ0v) is 12.8. The van der Waals surface area contributed by atoms with E-state index in [9.17, 15) is 8.42 Å². The van der Waals surface area contributed by atoms with Crippen LogP contribution in [-0.4, -0.2) is 8.42 Å². The summed E-state index contributed by atoms with van der Waals surface area (Å²) < 4.78 is 29.9. The highest BCUT2D eigenvalue weighted by molar-refractivity contribution is 7.87. The second kappa shape index (κ2) is 5.82. The molecule has 5 heteroatoms. The van der Waals surface area contributed by atoms with E-state index in [1.165, 1.54) is 17.7 Å². The number of hydrogen-bond acceptors (Lipinski definition) is 4. The van der Waals surface area contributed by atoms with Crippen LogP contribution in [0.4, 0.5) is 0 Å². The highest BCUT2D eigenvalue weighted by Crippen LogP contribution is 2.26. The molecule has 1 aliphatic carbocycles. The lowest BCUT2D eigenvalue weighted by molar-refractivity contribution is 0.485. The molecule has 112 valence electrons. The second-order valence-corrected chi connectivity index (χ2v) is 6.86. The van der Waals surface area contributed by atoms with Gasteiger partial charge in [-0.15, -0.1) is 0 Å². The summed E-state index contributed by atoms with van der Waals surface area (Å²) in [5, 5.41) is 8.85. The summed E-state index contributed by atoms with van der Waals surface area (Å²) in [6.45, 7) is 0. The quantitative estimate of drug-likeness (QED) is 0.816. The highest BCUT2D eigenvalue weighted by atomic mass is 32.2. The summed E-state index contributed by atoms with van der Waals surface area (Å²) in [5.41, 5.74) is 2.66. The molecule has 4 nitrogen and oxygen atoms in total. The van der Waals surface area contributed by atoms with Crippen LogP contribution in [0.5, 0.6) is 5.75 Å². The van der Waals surface area contributed by atoms with E-state index in [1.807, 2.05) is 12.1 Å². The van der Waals surface area contributed by atoms with Gasteiger partial charge < -0.3 is 4.18 Å². The van der Waals surface area contributed by atoms with Gasteiger partial charge >= 0.3 is 10.1 Å². The van der Waals surface area contributed by atoms with Crippen molar-refractivity contribution in [3.63, 3.8) is 0 Å². The number of benzene rings is 2. The van der Waals surface area contributed by atoms with Crippen molar-refractivity contribution in [2.24, 2.45) is 0 Å². The fourth-order valence-electron chi connectivity index (χ4n) is 2.66. The van der Waals surface area contributed by atoms with Gasteiger partial charge in [0.15, 0.2) is 0 Å². The van der Waals surface area contributed by atoms with Crippen molar-refractivity contribution in [3.05, 3.63) is 59.2 Å². The molecule has 0 fully saturated rings. The smallest absolute Gasteiger partial charge is 0.339 e. The van der Waals surface area contributed by atoms with Gasteiger partial charge in [-0.25, -0.2) is 0 Å². The van der Waals surface area contributed by atoms with Gasteiger partial charge in [0.1, 0.15) is 10.6 Å². The Morgan fingerprint density at radius 1 is 1.00 bits per heavy atom. The molecule has 0 atom stereocenters. The molecule has 3 rings (SSSR count). The Kier molecular flexibility index (Phi) is 3.86. The zero-order valence-electron chi connectivity index (χ0n) is 12.0. The van der Waals surface area contributed by atoms with Crippen LogP contribution in [-0.2, 0) is 23.0 Å². The predicted molar refractivity (Wildman–Crippen MR) is 82.1 cm³/mol. The van der Waals surface area contributed by atoms with E-state index in [0.717, 1.165) is 31.2 Å². The van der Waals surface area contributed by atoms with Gasteiger partial charge in [0, 0.05) is 0 Å². The molecule has 0 aliphatic heterocycles. The maximum Gasteiger partial charge on any atom is 0.339 e. The van der Waals surface area contributed by atoms with Crippen LogP contribution in [0.15, 0.2) is 47.4 Å². The maximum absolute atomic E-state index is 12.4. The number of fused-ring (bicyclic) bond motifs is 1. The zero-order chi connectivity index (χ0) is 15.6. The Morgan fingerprint density at radius 2 is 1.77 bits per heavy atom. The Morgan fingerprint density at radius 3 is 2.55 bits per heavy atom. The molecule has 0 heterocycles. The van der Waals surface area contributed by atoms with Crippen LogP contribution >= 0.6 is 0 Å². The molecule has 0 aromatic heterocycles. The van der Waals surface area contributed by atoms with E-state index in [1.54, 1.807) is 24.3 Å². The van der Waals surface area contributed by atoms with Gasteiger partial charge in [0.2, 0.25) is 0 Å². The molecule has 0 unspecified atom stereocenters. The van der Waals surface area contributed by atoms with Crippen molar-refractivity contribution >= 4 is 10.1 Å². The second-order valence-electron chi connectivity index (χ2n) is 5.31. The molecule has 0 N–H and O–H groups in total. The van der Waals surface area contributed by atoms with Crippen molar-refractivity contribution in [2.75, 3.05) is 0 Å². The average Bonchev–Trinajstić information content (AvgIpc) is 2.54. The number of nitriles is 1. The first-order valence-corrected chi connectivity index (χ1v) is 8.56. The SMILES string of the molecule is N#Cc1cccc(OS(=O)(=O)c2ccc3c(c2)CCCC3)c1. The van der Waals surface area contributed by atoms with Gasteiger partial charge in [0.25, 0.3) is 0 Å². The average molecular weight is 313 g/mol. The highest BCUT2D eigenvalue weighted by Gasteiger charge is 2.19. The van der Waals surface area contributed by atoms with Crippen molar-refractivity contribution in [1.29, 1.82) is 5.26 Å². The van der Waals surface area contributed by atoms with Crippen LogP contribution in [0.2, 0.25) is 0 Å². The third kappa shape index (κ3) is 2.97. The molecule has 1 aliphatic rings. The van der Waals surface area contributed by atoms with Crippen LogP contribution < -0.4 is 4.18 Å². The minimum Gasteiger partial charge on any atom is -0.379 e. The Labute approximate surface area is 130 Å². The molecule has 22 heavy (non-hydrogen) atoms. The molecule has 0 bridgehead atoms. The largest absolute Gasteiger partial charge is 0.379 e. The van der Waals surface area contributed by atoms with Gasteiger partial charge in [-0.05, 0) is 67.1 Å². The fraction of sp³-hybridized carbons (Fsp3) is 0.235. The first-order chi connectivity index (χ1) is 10.6. The maximum atomic E-state index is 12.4. The van der Waals surface area contributed by atoms with E-state index in [-0.39, 0.29) is 10.6 Å². The third-order valence-corrected chi connectivity index (χ3v) is 5.02. The van der Waals surface area contributed by atoms with Crippen molar-refractivity contribution in [2.45, 2.75) is 30.6 Å². The topological polar surface area (TPSA) is 67.2 Å². The third-order valence-electron chi connectivity index (χ3n) is 3.78. The Hall–Kier alpha value is -2.32. The molecule has 0 spiro atoms. The number of nitrogens with zero attached hydrogens (tertiary/aromatic N) is 1. The predicted octanol–water partition coefficient (Wildman–Crippen LogP) is 3.20. The van der Waals surface area contributed by atoms with Gasteiger partial charge in [-0.3, -0.25) is 0 Å². The van der Waals surface area contributed by atoms with E-state index in [2.05, 4.69) is 0 Å². The van der Waals surface area contributed by atoms with Gasteiger partial charge in [0.05, 0.1) is 11.6 Å². The number of aryl methyl sites for hydroxylation is 2. The molecular weight excluding hydrogens is 298 g/mol. The van der Waals surface area contributed by atoms with Crippen molar-refractivity contribution in [1.82, 2.24) is 0 Å². The minimum atomic E-state index is -3.88. The van der Waals surface area contributed by atoms with Crippen LogP contribution in [0.1, 0.15) is 29.5 Å². The van der Waals surface area contributed by atoms with Gasteiger partial charge in [-0.2, -0.15) is 13.7 Å². The summed E-state index contributed by atoms with van der Waals surface area (Å²) in [4.78, 5) is 0.163. The van der Waals surface area contributed by atoms with Crippen LogP contribution in [0.3, 0.4) is 0 Å². The number of hydrogen-bond donors (Lipinski definition) is 0. The summed E-state index contributed by atoms with van der Waals surface area (Å²) in [6, 6.07) is 13.3. The van der Waals surface area contributed by atoms with Crippen LogP contribution in [0, 0.1) is 11.3 Å². The molecule has 0 radical (unpaired) electrons. The summed E-state index contributed by atoms with van der Waals surface area (Å²) in [5.74, 6) is 0.150. The summed E-state index contributed by atoms with van der Waals surface area (Å²) in [6.07, 6.45) is 4.14. The minimum absolute atomic E-state index is 0.150. The molecule has 0 amide bonds. The molecular formula is C17H15NO3S. The van der Waals surface area contributed by atoms with Crippen molar-refractivity contribution in [3.8, 4) is 11.8 Å². The summed E-state index contributed by atoms with van der Waals surface area (Å²) in [7, 11) is -3.88. The standard InChI is InChI=1S/C17H15NO3S/c18-12-13-4-3-7-16(10-13)21-22(19,20)17-9-8-14-5-1-2-6-15(14)11-17/h3-4,7-11H,1-2,5-6H2. The van der Waals surface area contributed by atoms with E-state index in [4.69, 9.17) is 9.44 Å². The van der Waals surface area contributed by atoms with Crippen molar-refractivity contribution < 1.29 is 12.6 Å². The van der Waals surface area contributed by atoms with E-state index >= 15 is 0 Å². The lowest BCUT2D eigenvalue weighted by atomic mass is 9.92. The fourth-order valence-corrected chi connectivity index (χ4v) is 3.63. The first kappa shape index (κ1) is 14.6. The lowest BCUT2D eigenvalue weighted by Crippen LogP contribution is -2.12. The molecule has 2 aromatic carbocycles. The first-order valence-electron chi connectivity index (χ1n) is 7.15. The normalized spacial score (nSPS) is 14.0. The number of rotatable bonds is 3. The van der Waals surface area contributed by atoms with Crippen LogP contribution in [0.25, 0.3) is 0 Å². The Balaban J connectivity index is 1.91. The van der Waals surface area contributed by atoms with Gasteiger partial charge in [-0.1, -0.05) is 12.1 Å². The molecule has 0 saturated carbocycles. The van der Waals surface area contributed by atoms with E-state index in [0.29, 0.717) is 5.56 Å². The lowest BCUT2D eigenvalue weighted by Gasteiger charge is -2.16. The molecule has 0 saturated heterocycles. The summed E-state index contributed by atoms with van der Waals surface area (Å²) >= 11 is 0. The van der Waals surface area contributed by atoms with E-state index < -0.39 is 10.1 Å².